The lowest BCUT2D eigenvalue weighted by molar-refractivity contribution is -0.255. The molecule has 0 aromatic carbocycles. The summed E-state index contributed by atoms with van der Waals surface area (Å²) in [6.45, 7) is 10.1. The van der Waals surface area contributed by atoms with E-state index in [1.807, 2.05) is 20.8 Å². The molecule has 3 aliphatic carbocycles. The van der Waals surface area contributed by atoms with Crippen molar-refractivity contribution in [2.24, 2.45) is 34.0 Å². The molecule has 2 bridgehead atoms. The Morgan fingerprint density at radius 3 is 2.74 bits per heavy atom. The van der Waals surface area contributed by atoms with Crippen LogP contribution in [0.2, 0.25) is 0 Å². The van der Waals surface area contributed by atoms with Gasteiger partial charge in [0.05, 0.1) is 12.7 Å². The summed E-state index contributed by atoms with van der Waals surface area (Å²) in [7, 11) is 0. The number of fused-ring (bicyclic) bond motifs is 1. The second-order valence-corrected chi connectivity index (χ2v) is 10.8. The number of Topliss-reactive ketones (excluding diaryl/α,β-unsaturated/α-hetero) is 1. The van der Waals surface area contributed by atoms with Crippen LogP contribution >= 0.6 is 0 Å². The molecule has 8 atom stereocenters. The Bertz CT molecular complexity index is 862. The van der Waals surface area contributed by atoms with Crippen molar-refractivity contribution in [3.8, 4) is 0 Å². The van der Waals surface area contributed by atoms with Crippen molar-refractivity contribution in [3.63, 3.8) is 0 Å². The molecule has 7 heteroatoms. The van der Waals surface area contributed by atoms with Gasteiger partial charge in [0.25, 0.3) is 0 Å². The second-order valence-electron chi connectivity index (χ2n) is 10.8. The van der Waals surface area contributed by atoms with E-state index in [1.165, 1.54) is 0 Å². The van der Waals surface area contributed by atoms with Crippen LogP contribution in [-0.2, 0) is 28.6 Å². The number of esters is 2. The Labute approximate surface area is 182 Å². The molecule has 0 amide bonds. The van der Waals surface area contributed by atoms with Crippen LogP contribution in [0.25, 0.3) is 0 Å². The zero-order valence-electron chi connectivity index (χ0n) is 18.5. The SMILES string of the molecule is C=C1C(=O)C23CC1CCC2C12COC(OC(=O)CCC)C1C(C)(C)C(O)CC2OC3=O. The third-order valence-electron chi connectivity index (χ3n) is 9.17. The molecule has 2 spiro atoms. The fourth-order valence-corrected chi connectivity index (χ4v) is 7.68. The number of ketones is 1. The van der Waals surface area contributed by atoms with E-state index >= 15 is 0 Å². The van der Waals surface area contributed by atoms with Gasteiger partial charge in [0.2, 0.25) is 6.29 Å². The molecule has 8 unspecified atom stereocenters. The highest BCUT2D eigenvalue weighted by molar-refractivity contribution is 6.15. The summed E-state index contributed by atoms with van der Waals surface area (Å²) in [4.78, 5) is 39.1. The summed E-state index contributed by atoms with van der Waals surface area (Å²) in [6, 6.07) is 0. The van der Waals surface area contributed by atoms with E-state index in [0.29, 0.717) is 31.3 Å². The van der Waals surface area contributed by atoms with E-state index in [9.17, 15) is 19.5 Å². The minimum Gasteiger partial charge on any atom is -0.461 e. The summed E-state index contributed by atoms with van der Waals surface area (Å²) in [6.07, 6.45) is 1.02. The third kappa shape index (κ3) is 2.45. The van der Waals surface area contributed by atoms with Gasteiger partial charge in [-0.3, -0.25) is 14.4 Å². The monoisotopic (exact) mass is 432 g/mol. The first-order chi connectivity index (χ1) is 14.6. The Kier molecular flexibility index (Phi) is 4.53. The molecule has 2 saturated heterocycles. The topological polar surface area (TPSA) is 99.1 Å². The number of hydrogen-bond acceptors (Lipinski definition) is 7. The number of aliphatic hydroxyl groups is 1. The molecule has 1 N–H and O–H groups in total. The molecule has 0 aromatic rings. The summed E-state index contributed by atoms with van der Waals surface area (Å²) in [5.74, 6) is -1.65. The maximum absolute atomic E-state index is 13.4. The molecule has 5 fully saturated rings. The Morgan fingerprint density at radius 2 is 2.03 bits per heavy atom. The maximum atomic E-state index is 13.4. The van der Waals surface area contributed by atoms with Gasteiger partial charge in [0, 0.05) is 29.6 Å². The summed E-state index contributed by atoms with van der Waals surface area (Å²) < 4.78 is 17.9. The zero-order chi connectivity index (χ0) is 22.3. The number of carbonyl (C=O) groups is 3. The van der Waals surface area contributed by atoms with Gasteiger partial charge in [-0.25, -0.2) is 0 Å². The molecule has 5 rings (SSSR count). The standard InChI is InChI=1S/C24H32O7/c1-5-6-17(26)31-20-18-22(3,4)15(25)9-16-24(18,11-29-20)14-8-7-13-10-23(14,21(28)30-16)19(27)12(13)2/h13-16,18,20,25H,2,5-11H2,1,3-4H3. The Hall–Kier alpha value is -1.73. The lowest BCUT2D eigenvalue weighted by Crippen LogP contribution is -2.70. The lowest BCUT2D eigenvalue weighted by atomic mass is 9.43. The average molecular weight is 433 g/mol. The molecule has 3 saturated carbocycles. The van der Waals surface area contributed by atoms with Crippen molar-refractivity contribution in [1.29, 1.82) is 0 Å². The quantitative estimate of drug-likeness (QED) is 0.416. The van der Waals surface area contributed by atoms with Crippen LogP contribution in [0.15, 0.2) is 12.2 Å². The minimum atomic E-state index is -1.22. The van der Waals surface area contributed by atoms with Crippen molar-refractivity contribution < 1.29 is 33.7 Å². The Morgan fingerprint density at radius 1 is 1.29 bits per heavy atom. The van der Waals surface area contributed by atoms with Crippen LogP contribution in [-0.4, -0.2) is 47.9 Å². The number of hydrogen-bond donors (Lipinski definition) is 1. The summed E-state index contributed by atoms with van der Waals surface area (Å²) in [5, 5.41) is 11.0. The molecule has 5 aliphatic rings. The van der Waals surface area contributed by atoms with E-state index < -0.39 is 40.7 Å². The first-order valence-electron chi connectivity index (χ1n) is 11.5. The van der Waals surface area contributed by atoms with E-state index in [1.54, 1.807) is 0 Å². The van der Waals surface area contributed by atoms with Crippen molar-refractivity contribution in [2.75, 3.05) is 6.61 Å². The highest BCUT2D eigenvalue weighted by Gasteiger charge is 2.78. The fourth-order valence-electron chi connectivity index (χ4n) is 7.68. The van der Waals surface area contributed by atoms with Gasteiger partial charge in [-0.2, -0.15) is 0 Å². The van der Waals surface area contributed by atoms with Gasteiger partial charge in [-0.1, -0.05) is 27.4 Å². The van der Waals surface area contributed by atoms with Gasteiger partial charge in [-0.05, 0) is 43.1 Å². The highest BCUT2D eigenvalue weighted by Crippen LogP contribution is 2.71. The number of allylic oxidation sites excluding steroid dienone is 1. The molecule has 2 aliphatic heterocycles. The van der Waals surface area contributed by atoms with Gasteiger partial charge in [0.1, 0.15) is 11.5 Å². The molecule has 0 radical (unpaired) electrons. The first kappa shape index (κ1) is 21.1. The number of carbonyl (C=O) groups excluding carboxylic acids is 3. The van der Waals surface area contributed by atoms with Crippen LogP contribution in [0, 0.1) is 34.0 Å². The van der Waals surface area contributed by atoms with E-state index in [2.05, 4.69) is 6.58 Å². The van der Waals surface area contributed by atoms with Crippen LogP contribution in [0.4, 0.5) is 0 Å². The molecule has 0 aromatic heterocycles. The third-order valence-corrected chi connectivity index (χ3v) is 9.17. The number of aliphatic hydroxyl groups excluding tert-OH is 1. The normalized spacial score (nSPS) is 47.3. The zero-order valence-corrected chi connectivity index (χ0v) is 18.5. The second kappa shape index (κ2) is 6.64. The fraction of sp³-hybridized carbons (Fsp3) is 0.792. The number of rotatable bonds is 3. The van der Waals surface area contributed by atoms with Crippen molar-refractivity contribution in [1.82, 2.24) is 0 Å². The van der Waals surface area contributed by atoms with Crippen LogP contribution in [0.5, 0.6) is 0 Å². The maximum Gasteiger partial charge on any atom is 0.320 e. The van der Waals surface area contributed by atoms with E-state index in [0.717, 1.165) is 6.42 Å². The van der Waals surface area contributed by atoms with E-state index in [-0.39, 0.29) is 42.5 Å². The van der Waals surface area contributed by atoms with Crippen LogP contribution in [0.3, 0.4) is 0 Å². The van der Waals surface area contributed by atoms with Crippen molar-refractivity contribution in [3.05, 3.63) is 12.2 Å². The van der Waals surface area contributed by atoms with Gasteiger partial charge in [0.15, 0.2) is 5.78 Å². The average Bonchev–Trinajstić information content (AvgIpc) is 3.18. The highest BCUT2D eigenvalue weighted by atomic mass is 16.7. The molecule has 7 nitrogen and oxygen atoms in total. The smallest absolute Gasteiger partial charge is 0.320 e. The summed E-state index contributed by atoms with van der Waals surface area (Å²) >= 11 is 0. The van der Waals surface area contributed by atoms with Gasteiger partial charge < -0.3 is 19.3 Å². The molecular weight excluding hydrogens is 400 g/mol. The molecule has 2 heterocycles. The number of ether oxygens (including phenoxy) is 3. The molecule has 170 valence electrons. The molecule has 31 heavy (non-hydrogen) atoms. The van der Waals surface area contributed by atoms with Gasteiger partial charge in [-0.15, -0.1) is 0 Å². The Balaban J connectivity index is 1.63. The predicted molar refractivity (Wildman–Crippen MR) is 108 cm³/mol. The molecular formula is C24H32O7. The minimum absolute atomic E-state index is 0.0189. The largest absolute Gasteiger partial charge is 0.461 e. The van der Waals surface area contributed by atoms with Crippen molar-refractivity contribution >= 4 is 17.7 Å². The van der Waals surface area contributed by atoms with Crippen molar-refractivity contribution in [2.45, 2.75) is 77.8 Å². The predicted octanol–water partition coefficient (Wildman–Crippen LogP) is 2.55. The van der Waals surface area contributed by atoms with Gasteiger partial charge >= 0.3 is 11.9 Å². The van der Waals surface area contributed by atoms with Crippen LogP contribution < -0.4 is 0 Å². The van der Waals surface area contributed by atoms with E-state index in [4.69, 9.17) is 14.2 Å². The summed E-state index contributed by atoms with van der Waals surface area (Å²) in [5.41, 5.74) is -2.02. The first-order valence-corrected chi connectivity index (χ1v) is 11.5. The lowest BCUT2D eigenvalue weighted by Gasteiger charge is -2.62. The van der Waals surface area contributed by atoms with Crippen LogP contribution in [0.1, 0.15) is 59.3 Å².